The molecule has 0 amide bonds. The van der Waals surface area contributed by atoms with E-state index < -0.39 is 23.8 Å². The third-order valence-electron chi connectivity index (χ3n) is 4.61. The minimum atomic E-state index is -1.07. The van der Waals surface area contributed by atoms with Gasteiger partial charge in [0, 0.05) is 31.3 Å². The normalized spacial score (nSPS) is 20.9. The van der Waals surface area contributed by atoms with E-state index in [4.69, 9.17) is 10.3 Å². The second-order valence-electron chi connectivity index (χ2n) is 6.60. The molecule has 26 heavy (non-hydrogen) atoms. The van der Waals surface area contributed by atoms with E-state index in [1.54, 1.807) is 17.6 Å². The summed E-state index contributed by atoms with van der Waals surface area (Å²) < 4.78 is 48.1. The molecule has 2 aromatic heterocycles. The van der Waals surface area contributed by atoms with E-state index in [0.717, 1.165) is 12.1 Å². The summed E-state index contributed by atoms with van der Waals surface area (Å²) in [6, 6.07) is 3.28. The average molecular weight is 365 g/mol. The molecule has 6 nitrogen and oxygen atoms in total. The molecular formula is C17H18F3N5O. The summed E-state index contributed by atoms with van der Waals surface area (Å²) in [7, 11) is 0. The molecule has 0 saturated carbocycles. The zero-order valence-electron chi connectivity index (χ0n) is 14.1. The highest BCUT2D eigenvalue weighted by Gasteiger charge is 2.29. The number of benzene rings is 1. The number of halogens is 3. The van der Waals surface area contributed by atoms with Crippen molar-refractivity contribution in [1.29, 1.82) is 0 Å². The van der Waals surface area contributed by atoms with Crippen LogP contribution in [0.5, 0.6) is 0 Å². The third kappa shape index (κ3) is 2.92. The Morgan fingerprint density at radius 2 is 2.04 bits per heavy atom. The highest BCUT2D eigenvalue weighted by molar-refractivity contribution is 5.79. The molecule has 0 aliphatic carbocycles. The van der Waals surface area contributed by atoms with E-state index in [2.05, 4.69) is 10.1 Å². The van der Waals surface area contributed by atoms with Crippen LogP contribution in [0.2, 0.25) is 0 Å². The maximum Gasteiger partial charge on any atom is 0.207 e. The predicted molar refractivity (Wildman–Crippen MR) is 89.7 cm³/mol. The number of piperidine rings is 1. The summed E-state index contributed by atoms with van der Waals surface area (Å²) in [6.45, 7) is 2.71. The van der Waals surface area contributed by atoms with Crippen molar-refractivity contribution in [2.45, 2.75) is 32.1 Å². The predicted octanol–water partition coefficient (Wildman–Crippen LogP) is 2.53. The van der Waals surface area contributed by atoms with Crippen LogP contribution in [-0.4, -0.2) is 40.0 Å². The second-order valence-corrected chi connectivity index (χ2v) is 6.60. The van der Waals surface area contributed by atoms with Crippen LogP contribution in [-0.2, 0) is 6.54 Å². The van der Waals surface area contributed by atoms with Crippen molar-refractivity contribution in [3.63, 3.8) is 0 Å². The molecule has 0 bridgehead atoms. The van der Waals surface area contributed by atoms with Crippen molar-refractivity contribution in [2.75, 3.05) is 18.0 Å². The van der Waals surface area contributed by atoms with Gasteiger partial charge in [0.25, 0.3) is 0 Å². The molecule has 1 aliphatic rings. The van der Waals surface area contributed by atoms with Crippen LogP contribution in [0, 0.1) is 18.6 Å². The molecule has 2 N–H and O–H groups in total. The Morgan fingerprint density at radius 1 is 1.27 bits per heavy atom. The van der Waals surface area contributed by atoms with Crippen molar-refractivity contribution in [1.82, 2.24) is 14.7 Å². The Hall–Kier alpha value is -2.55. The van der Waals surface area contributed by atoms with Crippen LogP contribution in [0.1, 0.15) is 17.9 Å². The minimum absolute atomic E-state index is 0.239. The first-order valence-electron chi connectivity index (χ1n) is 8.34. The van der Waals surface area contributed by atoms with Crippen LogP contribution >= 0.6 is 0 Å². The Bertz CT molecular complexity index is 953. The molecule has 9 heteroatoms. The van der Waals surface area contributed by atoms with E-state index in [1.807, 2.05) is 4.90 Å². The molecule has 3 heterocycles. The number of aryl methyl sites for hydroxylation is 1. The second kappa shape index (κ2) is 6.31. The number of rotatable bonds is 3. The third-order valence-corrected chi connectivity index (χ3v) is 4.61. The molecule has 1 fully saturated rings. The average Bonchev–Trinajstić information content (AvgIpc) is 3.15. The van der Waals surface area contributed by atoms with E-state index in [9.17, 15) is 13.2 Å². The summed E-state index contributed by atoms with van der Waals surface area (Å²) in [5.41, 5.74) is 7.30. The molecule has 1 aromatic carbocycles. The van der Waals surface area contributed by atoms with Gasteiger partial charge in [-0.25, -0.2) is 18.2 Å². The number of hydrogen-bond donors (Lipinski definition) is 1. The van der Waals surface area contributed by atoms with Crippen molar-refractivity contribution in [3.05, 3.63) is 41.3 Å². The Morgan fingerprint density at radius 3 is 2.73 bits per heavy atom. The van der Waals surface area contributed by atoms with Gasteiger partial charge in [0.2, 0.25) is 5.95 Å². The molecule has 1 unspecified atom stereocenters. The molecule has 1 aliphatic heterocycles. The topological polar surface area (TPSA) is 73.1 Å². The van der Waals surface area contributed by atoms with Gasteiger partial charge in [-0.3, -0.25) is 0 Å². The van der Waals surface area contributed by atoms with Crippen LogP contribution in [0.3, 0.4) is 0 Å². The summed E-state index contributed by atoms with van der Waals surface area (Å²) in [4.78, 5) is 6.28. The van der Waals surface area contributed by atoms with E-state index in [0.29, 0.717) is 35.0 Å². The molecule has 2 atom stereocenters. The fourth-order valence-electron chi connectivity index (χ4n) is 3.29. The van der Waals surface area contributed by atoms with Gasteiger partial charge in [-0.1, -0.05) is 5.16 Å². The van der Waals surface area contributed by atoms with Gasteiger partial charge in [0.05, 0.1) is 29.3 Å². The molecule has 4 rings (SSSR count). The number of imidazole rings is 1. The van der Waals surface area contributed by atoms with Crippen LogP contribution in [0.15, 0.2) is 22.7 Å². The first-order valence-corrected chi connectivity index (χ1v) is 8.34. The van der Waals surface area contributed by atoms with Gasteiger partial charge < -0.3 is 19.7 Å². The number of aromatic nitrogens is 3. The van der Waals surface area contributed by atoms with Gasteiger partial charge in [-0.15, -0.1) is 0 Å². The number of anilines is 1. The standard InChI is InChI=1S/C17H18F3N5O/c1-9-4-10(26-23-9)7-25-16-6-13(20)12(19)5-15(16)22-17(25)24-3-2-11(18)14(21)8-24/h4-6,11,14H,2-3,7-8,21H2,1H3/t11?,14-/m1/s1. The number of hydrogen-bond acceptors (Lipinski definition) is 5. The Labute approximate surface area is 147 Å². The maximum absolute atomic E-state index is 13.8. The van der Waals surface area contributed by atoms with Crippen LogP contribution < -0.4 is 10.6 Å². The van der Waals surface area contributed by atoms with Gasteiger partial charge >= 0.3 is 0 Å². The molecule has 0 spiro atoms. The zero-order chi connectivity index (χ0) is 18.4. The fourth-order valence-corrected chi connectivity index (χ4v) is 3.29. The first-order chi connectivity index (χ1) is 12.4. The van der Waals surface area contributed by atoms with Gasteiger partial charge in [-0.05, 0) is 13.3 Å². The molecular weight excluding hydrogens is 347 g/mol. The minimum Gasteiger partial charge on any atom is -0.359 e. The summed E-state index contributed by atoms with van der Waals surface area (Å²) in [5, 5.41) is 3.85. The highest BCUT2D eigenvalue weighted by atomic mass is 19.2. The number of alkyl halides is 1. The van der Waals surface area contributed by atoms with Crippen molar-refractivity contribution < 1.29 is 17.7 Å². The number of nitrogens with two attached hydrogens (primary N) is 1. The Kier molecular flexibility index (Phi) is 4.10. The van der Waals surface area contributed by atoms with Gasteiger partial charge in [-0.2, -0.15) is 0 Å². The Balaban J connectivity index is 1.81. The number of nitrogens with zero attached hydrogens (tertiary/aromatic N) is 4. The molecule has 3 aromatic rings. The zero-order valence-corrected chi connectivity index (χ0v) is 14.1. The molecule has 1 saturated heterocycles. The SMILES string of the molecule is Cc1cc(Cn2c(N3CCC(F)[C@H](N)C3)nc3cc(F)c(F)cc32)on1. The first kappa shape index (κ1) is 16.9. The maximum atomic E-state index is 13.8. The smallest absolute Gasteiger partial charge is 0.207 e. The number of fused-ring (bicyclic) bond motifs is 1. The molecule has 138 valence electrons. The summed E-state index contributed by atoms with van der Waals surface area (Å²) in [5.74, 6) is -0.902. The largest absolute Gasteiger partial charge is 0.359 e. The lowest BCUT2D eigenvalue weighted by molar-refractivity contribution is 0.243. The fraction of sp³-hybridized carbons (Fsp3) is 0.412. The summed E-state index contributed by atoms with van der Waals surface area (Å²) >= 11 is 0. The quantitative estimate of drug-likeness (QED) is 0.772. The van der Waals surface area contributed by atoms with Crippen molar-refractivity contribution in [2.24, 2.45) is 5.73 Å². The van der Waals surface area contributed by atoms with Crippen molar-refractivity contribution in [3.8, 4) is 0 Å². The lowest BCUT2D eigenvalue weighted by Crippen LogP contribution is -2.50. The monoisotopic (exact) mass is 365 g/mol. The van der Waals surface area contributed by atoms with Crippen molar-refractivity contribution >= 4 is 17.0 Å². The van der Waals surface area contributed by atoms with E-state index in [1.165, 1.54) is 0 Å². The van der Waals surface area contributed by atoms with E-state index >= 15 is 0 Å². The van der Waals surface area contributed by atoms with E-state index in [-0.39, 0.29) is 19.5 Å². The van der Waals surface area contributed by atoms with Gasteiger partial charge in [0.15, 0.2) is 17.4 Å². The lowest BCUT2D eigenvalue weighted by atomic mass is 10.1. The molecule has 0 radical (unpaired) electrons. The highest BCUT2D eigenvalue weighted by Crippen LogP contribution is 2.28. The lowest BCUT2D eigenvalue weighted by Gasteiger charge is -2.34. The van der Waals surface area contributed by atoms with Gasteiger partial charge in [0.1, 0.15) is 6.17 Å². The van der Waals surface area contributed by atoms with Crippen LogP contribution in [0.4, 0.5) is 19.1 Å². The van der Waals surface area contributed by atoms with Crippen LogP contribution in [0.25, 0.3) is 11.0 Å². The summed E-state index contributed by atoms with van der Waals surface area (Å²) in [6.07, 6.45) is -0.801.